The Morgan fingerprint density at radius 2 is 1.71 bits per heavy atom. The Hall–Kier alpha value is -3.93. The summed E-state index contributed by atoms with van der Waals surface area (Å²) in [5.41, 5.74) is 4.28. The van der Waals surface area contributed by atoms with E-state index in [0.29, 0.717) is 28.9 Å². The number of methoxy groups -OCH3 is 2. The first-order valence-electron chi connectivity index (χ1n) is 14.7. The van der Waals surface area contributed by atoms with Gasteiger partial charge in [-0.25, -0.2) is 0 Å². The normalized spacial score (nSPS) is 24.3. The van der Waals surface area contributed by atoms with Gasteiger partial charge in [0.05, 0.1) is 14.2 Å². The second kappa shape index (κ2) is 13.4. The van der Waals surface area contributed by atoms with E-state index < -0.39 is 0 Å². The van der Waals surface area contributed by atoms with Gasteiger partial charge in [0.15, 0.2) is 28.8 Å². The first kappa shape index (κ1) is 31.0. The fourth-order valence-corrected chi connectivity index (χ4v) is 6.91. The van der Waals surface area contributed by atoms with Gasteiger partial charge in [-0.05, 0) is 105 Å². The summed E-state index contributed by atoms with van der Waals surface area (Å²) in [5, 5.41) is 31.0. The molecular weight excluding hydrogens is 528 g/mol. The summed E-state index contributed by atoms with van der Waals surface area (Å²) in [5.74, 6) is 1.09. The summed E-state index contributed by atoms with van der Waals surface area (Å²) >= 11 is 0. The highest BCUT2D eigenvalue weighted by Crippen LogP contribution is 2.58. The number of carbonyl (C=O) groups excluding carboxylic acids is 1. The molecule has 0 aromatic heterocycles. The zero-order valence-electron chi connectivity index (χ0n) is 25.5. The molecule has 6 atom stereocenters. The number of allylic oxidation sites excluding steroid dienone is 6. The van der Waals surface area contributed by atoms with Gasteiger partial charge in [-0.15, -0.1) is 0 Å². The molecular formula is C36H44O6. The summed E-state index contributed by atoms with van der Waals surface area (Å²) in [6.45, 7) is 8.70. The Balaban J connectivity index is 1.68. The van der Waals surface area contributed by atoms with Crippen molar-refractivity contribution in [3.05, 3.63) is 88.7 Å². The van der Waals surface area contributed by atoms with Gasteiger partial charge in [0.2, 0.25) is 0 Å². The van der Waals surface area contributed by atoms with Crippen LogP contribution >= 0.6 is 0 Å². The molecule has 224 valence electrons. The number of aliphatic hydroxyl groups excluding tert-OH is 1. The molecule has 0 heterocycles. The summed E-state index contributed by atoms with van der Waals surface area (Å²) in [6, 6.07) is 10.3. The molecule has 1 fully saturated rings. The van der Waals surface area contributed by atoms with Gasteiger partial charge in [0.25, 0.3) is 0 Å². The molecule has 2 aromatic carbocycles. The highest BCUT2D eigenvalue weighted by molar-refractivity contribution is 5.94. The average Bonchev–Trinajstić information content (AvgIpc) is 2.96. The number of ketones is 1. The number of ether oxygens (including phenoxy) is 2. The van der Waals surface area contributed by atoms with E-state index in [4.69, 9.17) is 9.47 Å². The third-order valence-electron chi connectivity index (χ3n) is 9.06. The second-order valence-electron chi connectivity index (χ2n) is 12.0. The van der Waals surface area contributed by atoms with Crippen molar-refractivity contribution in [2.45, 2.75) is 52.9 Å². The van der Waals surface area contributed by atoms with E-state index in [9.17, 15) is 20.1 Å². The van der Waals surface area contributed by atoms with E-state index in [-0.39, 0.29) is 46.7 Å². The number of aromatic hydroxyl groups is 2. The van der Waals surface area contributed by atoms with Crippen molar-refractivity contribution in [2.24, 2.45) is 29.6 Å². The lowest BCUT2D eigenvalue weighted by Gasteiger charge is -2.52. The van der Waals surface area contributed by atoms with E-state index in [1.54, 1.807) is 24.3 Å². The molecule has 0 radical (unpaired) electrons. The van der Waals surface area contributed by atoms with Gasteiger partial charge in [0, 0.05) is 17.9 Å². The third-order valence-corrected chi connectivity index (χ3v) is 9.06. The number of hydrogen-bond acceptors (Lipinski definition) is 6. The topological polar surface area (TPSA) is 96.2 Å². The molecule has 6 nitrogen and oxygen atoms in total. The lowest BCUT2D eigenvalue weighted by atomic mass is 9.51. The number of benzene rings is 2. The molecule has 42 heavy (non-hydrogen) atoms. The van der Waals surface area contributed by atoms with Crippen LogP contribution in [0.25, 0.3) is 6.08 Å². The number of aliphatic hydroxyl groups is 1. The van der Waals surface area contributed by atoms with E-state index in [1.165, 1.54) is 43.6 Å². The zero-order valence-corrected chi connectivity index (χ0v) is 25.5. The lowest BCUT2D eigenvalue weighted by molar-refractivity contribution is -0.123. The number of phenolic OH excluding ortho intramolecular Hbond substituents is 2. The van der Waals surface area contributed by atoms with E-state index in [0.717, 1.165) is 24.8 Å². The summed E-state index contributed by atoms with van der Waals surface area (Å²) in [7, 11) is 3.00. The van der Waals surface area contributed by atoms with Crippen molar-refractivity contribution in [3.8, 4) is 23.0 Å². The van der Waals surface area contributed by atoms with Gasteiger partial charge in [-0.2, -0.15) is 0 Å². The number of fused-ring (bicyclic) bond motifs is 2. The maximum atomic E-state index is 14.1. The van der Waals surface area contributed by atoms with E-state index >= 15 is 0 Å². The third kappa shape index (κ3) is 6.75. The van der Waals surface area contributed by atoms with Crippen LogP contribution in [0.4, 0.5) is 0 Å². The first-order valence-corrected chi connectivity index (χ1v) is 14.7. The van der Waals surface area contributed by atoms with Crippen LogP contribution in [-0.4, -0.2) is 35.3 Å². The quantitative estimate of drug-likeness (QED) is 0.109. The Bertz CT molecular complexity index is 1410. The second-order valence-corrected chi connectivity index (χ2v) is 12.0. The standard InChI is InChI=1S/C36H44O6/c1-21(2)8-7-9-22(3)27-20-28-23(4)16-29(27)36(35(28)25-12-15-31(39)34(18-25)42-6)32(40)19-26(37)13-10-24-11-14-30(38)33(17-24)41-5/h8,10-19,22,27-29,35-39H,7,9,20H2,1-6H3/b13-10+,26-19-/t22-,27+,28?,29?,35+,36-/m0/s1. The predicted molar refractivity (Wildman–Crippen MR) is 167 cm³/mol. The summed E-state index contributed by atoms with van der Waals surface area (Å²) in [4.78, 5) is 14.1. The van der Waals surface area contributed by atoms with Crippen LogP contribution in [0, 0.1) is 29.6 Å². The zero-order chi connectivity index (χ0) is 30.6. The maximum Gasteiger partial charge on any atom is 0.163 e. The molecule has 0 aliphatic heterocycles. The maximum absolute atomic E-state index is 14.1. The van der Waals surface area contributed by atoms with E-state index in [1.807, 2.05) is 12.1 Å². The molecule has 3 aliphatic carbocycles. The number of carbonyl (C=O) groups is 1. The molecule has 0 spiro atoms. The van der Waals surface area contributed by atoms with Crippen LogP contribution in [0.2, 0.25) is 0 Å². The fraction of sp³-hybridized carbons (Fsp3) is 0.417. The molecule has 5 rings (SSSR count). The Morgan fingerprint density at radius 3 is 2.38 bits per heavy atom. The lowest BCUT2D eigenvalue weighted by Crippen LogP contribution is -2.47. The van der Waals surface area contributed by atoms with Crippen LogP contribution in [0.5, 0.6) is 23.0 Å². The van der Waals surface area contributed by atoms with Gasteiger partial charge in [-0.3, -0.25) is 4.79 Å². The molecule has 0 amide bonds. The minimum absolute atomic E-state index is 0.0295. The number of hydrogen-bond donors (Lipinski definition) is 3. The Kier molecular flexibility index (Phi) is 9.87. The van der Waals surface area contributed by atoms with Crippen LogP contribution in [0.15, 0.2) is 77.6 Å². The molecule has 3 aliphatic rings. The van der Waals surface area contributed by atoms with Crippen molar-refractivity contribution < 1.29 is 29.6 Å². The molecule has 2 aromatic rings. The van der Waals surface area contributed by atoms with Crippen LogP contribution in [0.1, 0.15) is 64.0 Å². The van der Waals surface area contributed by atoms with Gasteiger partial charge < -0.3 is 24.8 Å². The Labute approximate surface area is 249 Å². The Morgan fingerprint density at radius 1 is 1.05 bits per heavy atom. The highest BCUT2D eigenvalue weighted by Gasteiger charge is 2.51. The first-order chi connectivity index (χ1) is 20.0. The van der Waals surface area contributed by atoms with Crippen molar-refractivity contribution in [1.29, 1.82) is 0 Å². The summed E-state index contributed by atoms with van der Waals surface area (Å²) in [6.07, 6.45) is 12.2. The van der Waals surface area contributed by atoms with Crippen molar-refractivity contribution in [2.75, 3.05) is 14.2 Å². The van der Waals surface area contributed by atoms with Crippen molar-refractivity contribution in [1.82, 2.24) is 0 Å². The highest BCUT2D eigenvalue weighted by atomic mass is 16.5. The molecule has 0 saturated heterocycles. The molecule has 6 heteroatoms. The minimum Gasteiger partial charge on any atom is -0.508 e. The van der Waals surface area contributed by atoms with Crippen LogP contribution < -0.4 is 9.47 Å². The molecule has 2 bridgehead atoms. The van der Waals surface area contributed by atoms with Gasteiger partial charge in [0.1, 0.15) is 5.76 Å². The smallest absolute Gasteiger partial charge is 0.163 e. The minimum atomic E-state index is -0.359. The number of rotatable bonds is 11. The molecule has 3 N–H and O–H groups in total. The predicted octanol–water partition coefficient (Wildman–Crippen LogP) is 8.13. The summed E-state index contributed by atoms with van der Waals surface area (Å²) < 4.78 is 10.6. The average molecular weight is 573 g/mol. The van der Waals surface area contributed by atoms with Gasteiger partial charge in [-0.1, -0.05) is 48.4 Å². The largest absolute Gasteiger partial charge is 0.508 e. The SMILES string of the molecule is COc1cc(/C=C/C(O)=C/C(=O)[C@@H]2C3C=C(C)C(C[C@@H]3[C@@H](C)CCC=C(C)C)[C@H]2c2ccc(O)c(OC)c2)ccc1O. The fourth-order valence-electron chi connectivity index (χ4n) is 6.91. The van der Waals surface area contributed by atoms with Crippen LogP contribution in [-0.2, 0) is 4.79 Å². The van der Waals surface area contributed by atoms with Crippen molar-refractivity contribution >= 4 is 11.9 Å². The number of phenols is 2. The van der Waals surface area contributed by atoms with Gasteiger partial charge >= 0.3 is 0 Å². The van der Waals surface area contributed by atoms with Crippen molar-refractivity contribution in [3.63, 3.8) is 0 Å². The monoisotopic (exact) mass is 572 g/mol. The van der Waals surface area contributed by atoms with E-state index in [2.05, 4.69) is 39.8 Å². The van der Waals surface area contributed by atoms with Crippen LogP contribution in [0.3, 0.4) is 0 Å². The molecule has 1 saturated carbocycles. The molecule has 2 unspecified atom stereocenters.